The maximum absolute atomic E-state index is 10.3. The van der Waals surface area contributed by atoms with E-state index in [0.717, 1.165) is 16.7 Å². The molecule has 3 N–H and O–H groups in total. The lowest BCUT2D eigenvalue weighted by molar-refractivity contribution is -0.0425. The van der Waals surface area contributed by atoms with E-state index >= 15 is 0 Å². The molecule has 0 saturated heterocycles. The summed E-state index contributed by atoms with van der Waals surface area (Å²) in [6.07, 6.45) is 5.70. The molecule has 2 aromatic carbocycles. The number of hydrogen-bond acceptors (Lipinski definition) is 4. The van der Waals surface area contributed by atoms with Crippen molar-refractivity contribution in [3.05, 3.63) is 83.4 Å². The van der Waals surface area contributed by atoms with Crippen molar-refractivity contribution in [1.82, 2.24) is 0 Å². The number of aliphatic hydroxyl groups excluding tert-OH is 1. The van der Waals surface area contributed by atoms with Crippen molar-refractivity contribution in [3.8, 4) is 5.75 Å². The van der Waals surface area contributed by atoms with Gasteiger partial charge in [0, 0.05) is 5.56 Å². The third kappa shape index (κ3) is 6.34. The van der Waals surface area contributed by atoms with Gasteiger partial charge in [0.05, 0.1) is 5.60 Å². The van der Waals surface area contributed by atoms with Crippen LogP contribution in [0.4, 0.5) is 0 Å². The maximum atomic E-state index is 10.3. The second kappa shape index (κ2) is 10.2. The summed E-state index contributed by atoms with van der Waals surface area (Å²) in [5.41, 5.74) is 2.93. The summed E-state index contributed by atoms with van der Waals surface area (Å²) < 4.78 is 5.79. The summed E-state index contributed by atoms with van der Waals surface area (Å²) in [6, 6.07) is 14.8. The van der Waals surface area contributed by atoms with Crippen molar-refractivity contribution in [1.29, 1.82) is 0 Å². The lowest BCUT2D eigenvalue weighted by Gasteiger charge is -2.19. The Morgan fingerprint density at radius 3 is 2.36 bits per heavy atom. The fourth-order valence-corrected chi connectivity index (χ4v) is 2.76. The van der Waals surface area contributed by atoms with Crippen LogP contribution < -0.4 is 4.74 Å². The van der Waals surface area contributed by atoms with E-state index in [0.29, 0.717) is 30.8 Å². The topological polar surface area (TPSA) is 69.9 Å². The van der Waals surface area contributed by atoms with E-state index in [1.54, 1.807) is 24.3 Å². The van der Waals surface area contributed by atoms with Crippen LogP contribution in [0.5, 0.6) is 5.75 Å². The van der Waals surface area contributed by atoms with Gasteiger partial charge in [-0.05, 0) is 54.7 Å². The van der Waals surface area contributed by atoms with Crippen molar-refractivity contribution in [2.45, 2.75) is 52.1 Å². The summed E-state index contributed by atoms with van der Waals surface area (Å²) in [6.45, 7) is 6.42. The second-order valence-electron chi connectivity index (χ2n) is 6.95. The Labute approximate surface area is 167 Å². The predicted molar refractivity (Wildman–Crippen MR) is 113 cm³/mol. The number of benzene rings is 2. The zero-order valence-electron chi connectivity index (χ0n) is 16.8. The molecule has 0 aliphatic heterocycles. The molecule has 0 aliphatic carbocycles. The maximum Gasteiger partial charge on any atom is 0.178 e. The van der Waals surface area contributed by atoms with Crippen molar-refractivity contribution in [3.63, 3.8) is 0 Å². The zero-order chi connectivity index (χ0) is 20.6. The number of rotatable bonds is 9. The Balaban J connectivity index is 2.02. The lowest BCUT2D eigenvalue weighted by Crippen LogP contribution is -2.22. The van der Waals surface area contributed by atoms with E-state index in [9.17, 15) is 5.11 Å². The van der Waals surface area contributed by atoms with Crippen molar-refractivity contribution < 1.29 is 20.1 Å². The summed E-state index contributed by atoms with van der Waals surface area (Å²) in [7, 11) is 0. The largest absolute Gasteiger partial charge is 0.489 e. The SMILES string of the molecule is CCC(O)(C=CC=C(C)c1cccc(COc2ccc(C(O)O)cc2)c1)CC. The van der Waals surface area contributed by atoms with Gasteiger partial charge in [-0.25, -0.2) is 0 Å². The first-order valence-corrected chi connectivity index (χ1v) is 9.63. The normalized spacial score (nSPS) is 12.8. The fraction of sp³-hybridized carbons (Fsp3) is 0.333. The van der Waals surface area contributed by atoms with Crippen LogP contribution in [-0.4, -0.2) is 20.9 Å². The third-order valence-corrected chi connectivity index (χ3v) is 4.94. The summed E-state index contributed by atoms with van der Waals surface area (Å²) in [4.78, 5) is 0. The Morgan fingerprint density at radius 1 is 1.07 bits per heavy atom. The molecule has 2 rings (SSSR count). The molecule has 0 aromatic heterocycles. The molecule has 2 aromatic rings. The molecule has 0 radical (unpaired) electrons. The Morgan fingerprint density at radius 2 is 1.75 bits per heavy atom. The number of ether oxygens (including phenoxy) is 1. The molecule has 28 heavy (non-hydrogen) atoms. The molecule has 0 aliphatic rings. The van der Waals surface area contributed by atoms with Crippen molar-refractivity contribution >= 4 is 5.57 Å². The van der Waals surface area contributed by atoms with Crippen LogP contribution in [0.2, 0.25) is 0 Å². The van der Waals surface area contributed by atoms with Crippen LogP contribution in [0.15, 0.2) is 66.8 Å². The Bertz CT molecular complexity index is 800. The Hall–Kier alpha value is -2.40. The summed E-state index contributed by atoms with van der Waals surface area (Å²) in [5.74, 6) is 0.670. The summed E-state index contributed by atoms with van der Waals surface area (Å²) in [5, 5.41) is 28.6. The molecule has 0 heterocycles. The highest BCUT2D eigenvalue weighted by Crippen LogP contribution is 2.21. The molecule has 0 bridgehead atoms. The van der Waals surface area contributed by atoms with E-state index in [2.05, 4.69) is 6.07 Å². The van der Waals surface area contributed by atoms with Gasteiger partial charge < -0.3 is 20.1 Å². The average molecular weight is 383 g/mol. The van der Waals surface area contributed by atoms with Gasteiger partial charge in [-0.2, -0.15) is 0 Å². The lowest BCUT2D eigenvalue weighted by atomic mass is 9.96. The van der Waals surface area contributed by atoms with Gasteiger partial charge in [0.25, 0.3) is 0 Å². The van der Waals surface area contributed by atoms with E-state index in [-0.39, 0.29) is 0 Å². The van der Waals surface area contributed by atoms with Crippen LogP contribution in [0.3, 0.4) is 0 Å². The van der Waals surface area contributed by atoms with Gasteiger partial charge in [0.15, 0.2) is 6.29 Å². The summed E-state index contributed by atoms with van der Waals surface area (Å²) >= 11 is 0. The van der Waals surface area contributed by atoms with Crippen LogP contribution in [0.1, 0.15) is 56.6 Å². The van der Waals surface area contributed by atoms with Gasteiger partial charge in [0.1, 0.15) is 12.4 Å². The minimum Gasteiger partial charge on any atom is -0.489 e. The minimum atomic E-state index is -1.47. The highest BCUT2D eigenvalue weighted by Gasteiger charge is 2.16. The molecule has 4 nitrogen and oxygen atoms in total. The second-order valence-corrected chi connectivity index (χ2v) is 6.95. The molecular weight excluding hydrogens is 352 g/mol. The van der Waals surface area contributed by atoms with Crippen LogP contribution in [0, 0.1) is 0 Å². The molecule has 0 atom stereocenters. The van der Waals surface area contributed by atoms with E-state index < -0.39 is 11.9 Å². The Kier molecular flexibility index (Phi) is 8.00. The minimum absolute atomic E-state index is 0.420. The molecule has 4 heteroatoms. The quantitative estimate of drug-likeness (QED) is 0.432. The molecule has 150 valence electrons. The smallest absolute Gasteiger partial charge is 0.178 e. The van der Waals surface area contributed by atoms with Crippen LogP contribution >= 0.6 is 0 Å². The first-order chi connectivity index (χ1) is 13.4. The van der Waals surface area contributed by atoms with Gasteiger partial charge >= 0.3 is 0 Å². The van der Waals surface area contributed by atoms with Gasteiger partial charge in [-0.3, -0.25) is 0 Å². The van der Waals surface area contributed by atoms with Gasteiger partial charge in [-0.15, -0.1) is 0 Å². The highest BCUT2D eigenvalue weighted by atomic mass is 16.5. The van der Waals surface area contributed by atoms with E-state index in [1.165, 1.54) is 0 Å². The molecule has 0 saturated carbocycles. The first kappa shape index (κ1) is 21.9. The molecular formula is C24H30O4. The van der Waals surface area contributed by atoms with E-state index in [4.69, 9.17) is 14.9 Å². The standard InChI is InChI=1S/C24H30O4/c1-4-24(27,5-2)15-7-8-18(3)21-10-6-9-19(16-21)17-28-22-13-11-20(12-14-22)23(25)26/h6-16,23,25-27H,4-5,17H2,1-3H3. The first-order valence-electron chi connectivity index (χ1n) is 9.63. The van der Waals surface area contributed by atoms with Crippen molar-refractivity contribution in [2.75, 3.05) is 0 Å². The monoisotopic (exact) mass is 382 g/mol. The fourth-order valence-electron chi connectivity index (χ4n) is 2.76. The molecule has 0 spiro atoms. The molecule has 0 fully saturated rings. The van der Waals surface area contributed by atoms with Gasteiger partial charge in [-0.1, -0.05) is 62.4 Å². The molecule has 0 unspecified atom stereocenters. The van der Waals surface area contributed by atoms with Crippen molar-refractivity contribution in [2.24, 2.45) is 0 Å². The van der Waals surface area contributed by atoms with Gasteiger partial charge in [0.2, 0.25) is 0 Å². The number of aliphatic hydroxyl groups is 3. The van der Waals surface area contributed by atoms with Crippen LogP contribution in [0.25, 0.3) is 5.57 Å². The third-order valence-electron chi connectivity index (χ3n) is 4.94. The van der Waals surface area contributed by atoms with Crippen LogP contribution in [-0.2, 0) is 6.61 Å². The number of allylic oxidation sites excluding steroid dienone is 3. The predicted octanol–water partition coefficient (Wildman–Crippen LogP) is 4.76. The van der Waals surface area contributed by atoms with E-state index in [1.807, 2.05) is 57.2 Å². The average Bonchev–Trinajstić information content (AvgIpc) is 2.72. The highest BCUT2D eigenvalue weighted by molar-refractivity contribution is 5.65. The molecule has 0 amide bonds. The number of hydrogen-bond donors (Lipinski definition) is 3. The zero-order valence-corrected chi connectivity index (χ0v) is 16.8.